The van der Waals surface area contributed by atoms with Crippen LogP contribution in [-0.4, -0.2) is 0 Å². The molecule has 0 heterocycles. The highest BCUT2D eigenvalue weighted by Crippen LogP contribution is 2.41. The van der Waals surface area contributed by atoms with E-state index in [-0.39, 0.29) is 23.0 Å². The van der Waals surface area contributed by atoms with E-state index in [2.05, 4.69) is 0 Å². The van der Waals surface area contributed by atoms with Crippen LogP contribution in [0.5, 0.6) is 0 Å². The molecule has 0 bridgehead atoms. The van der Waals surface area contributed by atoms with Crippen molar-refractivity contribution in [2.24, 2.45) is 17.8 Å². The summed E-state index contributed by atoms with van der Waals surface area (Å²) in [4.78, 5) is 0. The zero-order chi connectivity index (χ0) is 24.1. The van der Waals surface area contributed by atoms with Gasteiger partial charge in [-0.3, -0.25) is 0 Å². The molecule has 4 heteroatoms. The molecule has 0 nitrogen and oxygen atoms in total. The fourth-order valence-corrected chi connectivity index (χ4v) is 4.70. The Hall–Kier alpha value is -1.84. The lowest BCUT2D eigenvalue weighted by molar-refractivity contribution is 0.184. The van der Waals surface area contributed by atoms with Crippen molar-refractivity contribution >= 4 is 0 Å². The average molecular weight is 409 g/mol. The predicted octanol–water partition coefficient (Wildman–Crippen LogP) is 7.62. The smallest absolute Gasteiger partial charge is 0.194 e. The van der Waals surface area contributed by atoms with Gasteiger partial charge >= 0.3 is 0 Å². The van der Waals surface area contributed by atoms with E-state index in [4.69, 9.17) is 5.48 Å². The molecule has 1 saturated carbocycles. The van der Waals surface area contributed by atoms with Crippen molar-refractivity contribution in [3.05, 3.63) is 58.7 Å². The van der Waals surface area contributed by atoms with Gasteiger partial charge in [-0.15, -0.1) is 0 Å². The van der Waals surface area contributed by atoms with Crippen LogP contribution in [0.15, 0.2) is 24.3 Å². The van der Waals surface area contributed by atoms with Gasteiger partial charge in [0.2, 0.25) is 0 Å². The van der Waals surface area contributed by atoms with Crippen LogP contribution in [0.1, 0.15) is 68.4 Å². The maximum atomic E-state index is 14.9. The van der Waals surface area contributed by atoms with Crippen LogP contribution >= 0.6 is 0 Å². The van der Waals surface area contributed by atoms with Crippen molar-refractivity contribution in [3.63, 3.8) is 0 Å². The summed E-state index contributed by atoms with van der Waals surface area (Å²) in [6, 6.07) is 4.48. The molecule has 2 aromatic rings. The van der Waals surface area contributed by atoms with Gasteiger partial charge in [-0.05, 0) is 90.8 Å². The SMILES string of the molecule is [2H]C1([2H])CC(C2CCc3cc(-c4cc(F)c(F)c(F)c4)c(F)cc3C2)CC([2H])([2H])C1CCC. The Balaban J connectivity index is 1.58. The number of hydrogen-bond donors (Lipinski definition) is 0. The Bertz CT molecular complexity index is 1010. The standard InChI is InChI=1S/C25H28F4/c1-2-3-15-4-6-16(7-5-15)17-8-9-18-11-21(22(26)12-19(18)10-17)20-13-23(27)25(29)24(28)14-20/h11-17H,2-10H2,1H3/i4D2,5D2. The van der Waals surface area contributed by atoms with Gasteiger partial charge in [-0.2, -0.15) is 0 Å². The lowest BCUT2D eigenvalue weighted by Crippen LogP contribution is -2.26. The molecule has 2 aromatic carbocycles. The molecule has 4 rings (SSSR count). The maximum absolute atomic E-state index is 14.9. The number of aryl methyl sites for hydroxylation is 1. The van der Waals surface area contributed by atoms with Gasteiger partial charge in [-0.25, -0.2) is 17.6 Å². The third-order valence-corrected chi connectivity index (χ3v) is 6.35. The highest BCUT2D eigenvalue weighted by atomic mass is 19.2. The molecule has 0 amide bonds. The molecule has 0 saturated heterocycles. The Labute approximate surface area is 176 Å². The summed E-state index contributed by atoms with van der Waals surface area (Å²) in [7, 11) is 0. The third kappa shape index (κ3) is 4.22. The molecule has 0 N–H and O–H groups in total. The van der Waals surface area contributed by atoms with Gasteiger partial charge in [0, 0.05) is 11.0 Å². The lowest BCUT2D eigenvalue weighted by Gasteiger charge is -2.36. The van der Waals surface area contributed by atoms with E-state index in [1.165, 1.54) is 6.07 Å². The molecular formula is C25H28F4. The summed E-state index contributed by atoms with van der Waals surface area (Å²) in [6.45, 7) is 1.94. The van der Waals surface area contributed by atoms with Gasteiger partial charge in [0.25, 0.3) is 0 Å². The predicted molar refractivity (Wildman–Crippen MR) is 108 cm³/mol. The van der Waals surface area contributed by atoms with E-state index in [1.54, 1.807) is 6.07 Å². The summed E-state index contributed by atoms with van der Waals surface area (Å²) >= 11 is 0. The van der Waals surface area contributed by atoms with Crippen LogP contribution in [0.25, 0.3) is 11.1 Å². The van der Waals surface area contributed by atoms with Crippen molar-refractivity contribution in [2.45, 2.75) is 64.6 Å². The van der Waals surface area contributed by atoms with Crippen molar-refractivity contribution in [1.82, 2.24) is 0 Å². The summed E-state index contributed by atoms with van der Waals surface area (Å²) < 4.78 is 89.6. The largest absolute Gasteiger partial charge is 0.206 e. The van der Waals surface area contributed by atoms with Crippen molar-refractivity contribution in [3.8, 4) is 11.1 Å². The van der Waals surface area contributed by atoms with E-state index in [0.717, 1.165) is 29.7 Å². The fourth-order valence-electron chi connectivity index (χ4n) is 4.70. The molecule has 1 unspecified atom stereocenters. The second-order valence-electron chi connectivity index (χ2n) is 8.28. The summed E-state index contributed by atoms with van der Waals surface area (Å²) in [5.41, 5.74) is 1.55. The summed E-state index contributed by atoms with van der Waals surface area (Å²) in [5, 5.41) is 0. The molecule has 29 heavy (non-hydrogen) atoms. The van der Waals surface area contributed by atoms with E-state index in [0.29, 0.717) is 38.5 Å². The van der Waals surface area contributed by atoms with Crippen LogP contribution in [0.2, 0.25) is 0 Å². The molecule has 0 spiro atoms. The second kappa shape index (κ2) is 8.49. The molecule has 0 aliphatic heterocycles. The summed E-state index contributed by atoms with van der Waals surface area (Å²) in [5.74, 6) is -5.71. The Morgan fingerprint density at radius 3 is 2.21 bits per heavy atom. The van der Waals surface area contributed by atoms with Gasteiger partial charge in [0.15, 0.2) is 17.5 Å². The Kier molecular flexibility index (Phi) is 4.66. The van der Waals surface area contributed by atoms with Gasteiger partial charge in [0.1, 0.15) is 5.82 Å². The maximum Gasteiger partial charge on any atom is 0.194 e. The topological polar surface area (TPSA) is 0 Å². The first-order chi connectivity index (χ1) is 15.4. The molecule has 0 radical (unpaired) electrons. The van der Waals surface area contributed by atoms with E-state index in [9.17, 15) is 17.6 Å². The number of benzene rings is 2. The van der Waals surface area contributed by atoms with Crippen molar-refractivity contribution in [1.29, 1.82) is 0 Å². The molecule has 2 aliphatic rings. The first-order valence-electron chi connectivity index (χ1n) is 12.4. The highest BCUT2D eigenvalue weighted by molar-refractivity contribution is 5.66. The van der Waals surface area contributed by atoms with E-state index >= 15 is 0 Å². The number of fused-ring (bicyclic) bond motifs is 1. The van der Waals surface area contributed by atoms with Crippen LogP contribution in [-0.2, 0) is 12.8 Å². The van der Waals surface area contributed by atoms with Crippen LogP contribution in [0, 0.1) is 41.0 Å². The van der Waals surface area contributed by atoms with Gasteiger partial charge in [0.05, 0.1) is 0 Å². The number of hydrogen-bond acceptors (Lipinski definition) is 0. The highest BCUT2D eigenvalue weighted by Gasteiger charge is 2.30. The zero-order valence-corrected chi connectivity index (χ0v) is 16.5. The van der Waals surface area contributed by atoms with Crippen molar-refractivity contribution < 1.29 is 23.0 Å². The Morgan fingerprint density at radius 1 is 0.862 bits per heavy atom. The minimum Gasteiger partial charge on any atom is -0.206 e. The minimum atomic E-state index is -1.59. The van der Waals surface area contributed by atoms with Gasteiger partial charge < -0.3 is 0 Å². The summed E-state index contributed by atoms with van der Waals surface area (Å²) in [6.07, 6.45) is 0.460. The number of halogens is 4. The van der Waals surface area contributed by atoms with Crippen LogP contribution in [0.4, 0.5) is 17.6 Å². The zero-order valence-electron chi connectivity index (χ0n) is 20.5. The minimum absolute atomic E-state index is 0.0118. The molecule has 1 atom stereocenters. The monoisotopic (exact) mass is 408 g/mol. The number of rotatable bonds is 4. The Morgan fingerprint density at radius 2 is 1.55 bits per heavy atom. The van der Waals surface area contributed by atoms with Crippen molar-refractivity contribution in [2.75, 3.05) is 0 Å². The first-order valence-corrected chi connectivity index (χ1v) is 10.4. The second-order valence-corrected chi connectivity index (χ2v) is 8.28. The molecule has 0 aromatic heterocycles. The lowest BCUT2D eigenvalue weighted by atomic mass is 9.69. The fraction of sp³-hybridized carbons (Fsp3) is 0.520. The molecular weight excluding hydrogens is 376 g/mol. The average Bonchev–Trinajstić information content (AvgIpc) is 2.72. The molecule has 156 valence electrons. The van der Waals surface area contributed by atoms with Gasteiger partial charge in [-0.1, -0.05) is 32.5 Å². The van der Waals surface area contributed by atoms with Crippen LogP contribution in [0.3, 0.4) is 0 Å². The molecule has 2 aliphatic carbocycles. The van der Waals surface area contributed by atoms with E-state index in [1.807, 2.05) is 6.92 Å². The third-order valence-electron chi connectivity index (χ3n) is 6.35. The normalized spacial score (nSPS) is 29.9. The quantitative estimate of drug-likeness (QED) is 0.360. The van der Waals surface area contributed by atoms with E-state index < -0.39 is 41.9 Å². The first kappa shape index (κ1) is 15.9. The molecule has 1 fully saturated rings. The van der Waals surface area contributed by atoms with Crippen LogP contribution < -0.4 is 0 Å².